The second-order valence-electron chi connectivity index (χ2n) is 7.57. The average molecular weight is 415 g/mol. The molecule has 148 valence electrons. The molecule has 0 saturated heterocycles. The van der Waals surface area contributed by atoms with Crippen molar-refractivity contribution < 1.29 is 4.74 Å². The summed E-state index contributed by atoms with van der Waals surface area (Å²) in [5.74, 6) is 0.953. The molecule has 1 aliphatic heterocycles. The van der Waals surface area contributed by atoms with Crippen molar-refractivity contribution in [1.29, 1.82) is 0 Å². The SMILES string of the molecule is CCCSc1nc2sc3c(c2c(=O)n1Cc1ccccc1)CC(C)(CC)OC3. The van der Waals surface area contributed by atoms with Crippen LogP contribution < -0.4 is 5.56 Å². The Morgan fingerprint density at radius 3 is 2.79 bits per heavy atom. The van der Waals surface area contributed by atoms with E-state index in [9.17, 15) is 4.79 Å². The van der Waals surface area contributed by atoms with E-state index in [4.69, 9.17) is 9.72 Å². The largest absolute Gasteiger partial charge is 0.369 e. The molecule has 4 rings (SSSR count). The zero-order valence-corrected chi connectivity index (χ0v) is 18.3. The van der Waals surface area contributed by atoms with Crippen molar-refractivity contribution in [2.75, 3.05) is 5.75 Å². The second-order valence-corrected chi connectivity index (χ2v) is 9.72. The molecule has 28 heavy (non-hydrogen) atoms. The highest BCUT2D eigenvalue weighted by Gasteiger charge is 2.33. The Morgan fingerprint density at radius 2 is 2.07 bits per heavy atom. The Bertz CT molecular complexity index is 1040. The molecule has 0 bridgehead atoms. The van der Waals surface area contributed by atoms with Crippen molar-refractivity contribution in [3.8, 4) is 0 Å². The maximum Gasteiger partial charge on any atom is 0.263 e. The maximum absolute atomic E-state index is 13.6. The number of thiophene rings is 1. The Balaban J connectivity index is 1.87. The summed E-state index contributed by atoms with van der Waals surface area (Å²) in [5, 5.41) is 1.63. The molecule has 4 nitrogen and oxygen atoms in total. The molecule has 0 N–H and O–H groups in total. The first-order chi connectivity index (χ1) is 13.5. The number of thioether (sulfide) groups is 1. The predicted molar refractivity (Wildman–Crippen MR) is 118 cm³/mol. The van der Waals surface area contributed by atoms with Crippen LogP contribution in [0, 0.1) is 0 Å². The molecular weight excluding hydrogens is 388 g/mol. The van der Waals surface area contributed by atoms with E-state index in [1.54, 1.807) is 23.1 Å². The van der Waals surface area contributed by atoms with Gasteiger partial charge in [-0.3, -0.25) is 9.36 Å². The van der Waals surface area contributed by atoms with Gasteiger partial charge < -0.3 is 4.74 Å². The number of rotatable bonds is 6. The molecule has 0 saturated carbocycles. The quantitative estimate of drug-likeness (QED) is 0.408. The molecule has 1 unspecified atom stereocenters. The molecule has 2 aromatic heterocycles. The van der Waals surface area contributed by atoms with Crippen LogP contribution in [0.2, 0.25) is 0 Å². The monoisotopic (exact) mass is 414 g/mol. The molecule has 1 aliphatic rings. The van der Waals surface area contributed by atoms with Gasteiger partial charge in [-0.15, -0.1) is 11.3 Å². The van der Waals surface area contributed by atoms with Crippen molar-refractivity contribution in [1.82, 2.24) is 9.55 Å². The summed E-state index contributed by atoms with van der Waals surface area (Å²) in [6, 6.07) is 10.2. The fourth-order valence-electron chi connectivity index (χ4n) is 3.57. The minimum Gasteiger partial charge on any atom is -0.369 e. The van der Waals surface area contributed by atoms with Crippen LogP contribution in [0.1, 0.15) is 49.6 Å². The summed E-state index contributed by atoms with van der Waals surface area (Å²) in [6.45, 7) is 7.57. The smallest absolute Gasteiger partial charge is 0.263 e. The van der Waals surface area contributed by atoms with E-state index in [-0.39, 0.29) is 11.2 Å². The van der Waals surface area contributed by atoms with Gasteiger partial charge in [0.05, 0.1) is 24.1 Å². The van der Waals surface area contributed by atoms with E-state index in [0.29, 0.717) is 13.2 Å². The van der Waals surface area contributed by atoms with Gasteiger partial charge in [-0.05, 0) is 30.9 Å². The molecular formula is C22H26N2O2S2. The van der Waals surface area contributed by atoms with Gasteiger partial charge in [-0.2, -0.15) is 0 Å². The lowest BCUT2D eigenvalue weighted by atomic mass is 9.90. The molecule has 0 fully saturated rings. The number of hydrogen-bond donors (Lipinski definition) is 0. The van der Waals surface area contributed by atoms with Gasteiger partial charge in [-0.25, -0.2) is 4.98 Å². The molecule has 1 atom stereocenters. The van der Waals surface area contributed by atoms with E-state index in [0.717, 1.165) is 56.4 Å². The maximum atomic E-state index is 13.6. The van der Waals surface area contributed by atoms with E-state index in [1.807, 2.05) is 22.8 Å². The van der Waals surface area contributed by atoms with E-state index >= 15 is 0 Å². The van der Waals surface area contributed by atoms with Crippen molar-refractivity contribution >= 4 is 33.3 Å². The van der Waals surface area contributed by atoms with Gasteiger partial charge in [0.25, 0.3) is 5.56 Å². The molecule has 3 heterocycles. The summed E-state index contributed by atoms with van der Waals surface area (Å²) >= 11 is 3.30. The Kier molecular flexibility index (Phi) is 5.63. The Hall–Kier alpha value is -1.63. The molecule has 1 aromatic carbocycles. The van der Waals surface area contributed by atoms with E-state index in [1.165, 1.54) is 0 Å². The van der Waals surface area contributed by atoms with Crippen LogP contribution in [0.15, 0.2) is 40.3 Å². The van der Waals surface area contributed by atoms with Crippen LogP contribution >= 0.6 is 23.1 Å². The van der Waals surface area contributed by atoms with Crippen LogP contribution in [-0.4, -0.2) is 20.9 Å². The second kappa shape index (κ2) is 8.01. The Labute approximate surface area is 174 Å². The lowest BCUT2D eigenvalue weighted by molar-refractivity contribution is -0.0543. The standard InChI is InChI=1S/C22H26N2O2S2/c1-4-11-27-21-23-19-18(16-12-22(3,5-2)26-14-17(16)28-19)20(25)24(21)13-15-9-7-6-8-10-15/h6-10H,4-5,11-14H2,1-3H3. The highest BCUT2D eigenvalue weighted by atomic mass is 32.2. The minimum atomic E-state index is -0.201. The predicted octanol–water partition coefficient (Wildman–Crippen LogP) is 5.25. The number of ether oxygens (including phenoxy) is 1. The third kappa shape index (κ3) is 3.65. The highest BCUT2D eigenvalue weighted by Crippen LogP contribution is 2.38. The average Bonchev–Trinajstić information content (AvgIpc) is 3.07. The first kappa shape index (κ1) is 19.7. The number of nitrogens with zero attached hydrogens (tertiary/aromatic N) is 2. The zero-order valence-electron chi connectivity index (χ0n) is 16.7. The van der Waals surface area contributed by atoms with Crippen LogP contribution in [-0.2, 0) is 24.3 Å². The van der Waals surface area contributed by atoms with Crippen LogP contribution in [0.3, 0.4) is 0 Å². The fourth-order valence-corrected chi connectivity index (χ4v) is 5.57. The fraction of sp³-hybridized carbons (Fsp3) is 0.455. The van der Waals surface area contributed by atoms with E-state index < -0.39 is 0 Å². The Morgan fingerprint density at radius 1 is 1.29 bits per heavy atom. The van der Waals surface area contributed by atoms with Crippen molar-refractivity contribution in [2.45, 2.75) is 63.9 Å². The van der Waals surface area contributed by atoms with Gasteiger partial charge in [0.15, 0.2) is 5.16 Å². The molecule has 3 aromatic rings. The van der Waals surface area contributed by atoms with Crippen molar-refractivity contribution in [3.05, 3.63) is 56.7 Å². The molecule has 0 amide bonds. The van der Waals surface area contributed by atoms with Gasteiger partial charge in [0, 0.05) is 17.1 Å². The van der Waals surface area contributed by atoms with Crippen LogP contribution in [0.5, 0.6) is 0 Å². The highest BCUT2D eigenvalue weighted by molar-refractivity contribution is 7.99. The van der Waals surface area contributed by atoms with Crippen molar-refractivity contribution in [2.24, 2.45) is 0 Å². The summed E-state index contributed by atoms with van der Waals surface area (Å²) in [7, 11) is 0. The van der Waals surface area contributed by atoms with Gasteiger partial charge in [0.1, 0.15) is 4.83 Å². The first-order valence-corrected chi connectivity index (χ1v) is 11.7. The summed E-state index contributed by atoms with van der Waals surface area (Å²) in [6.07, 6.45) is 2.76. The number of aromatic nitrogens is 2. The van der Waals surface area contributed by atoms with Crippen LogP contribution in [0.4, 0.5) is 0 Å². The van der Waals surface area contributed by atoms with E-state index in [2.05, 4.69) is 32.9 Å². The lowest BCUT2D eigenvalue weighted by Crippen LogP contribution is -2.34. The zero-order chi connectivity index (χ0) is 19.7. The minimum absolute atomic E-state index is 0.0882. The molecule has 6 heteroatoms. The summed E-state index contributed by atoms with van der Waals surface area (Å²) < 4.78 is 7.96. The number of hydrogen-bond acceptors (Lipinski definition) is 5. The third-order valence-corrected chi connectivity index (χ3v) is 7.71. The van der Waals surface area contributed by atoms with Crippen molar-refractivity contribution in [3.63, 3.8) is 0 Å². The van der Waals surface area contributed by atoms with Crippen LogP contribution in [0.25, 0.3) is 10.2 Å². The first-order valence-electron chi connectivity index (χ1n) is 9.90. The molecule has 0 radical (unpaired) electrons. The lowest BCUT2D eigenvalue weighted by Gasteiger charge is -2.32. The normalized spacial score (nSPS) is 19.1. The number of benzene rings is 1. The van der Waals surface area contributed by atoms with Gasteiger partial charge >= 0.3 is 0 Å². The summed E-state index contributed by atoms with van der Waals surface area (Å²) in [5.41, 5.74) is 2.16. The third-order valence-electron chi connectivity index (χ3n) is 5.43. The molecule has 0 aliphatic carbocycles. The summed E-state index contributed by atoms with van der Waals surface area (Å²) in [4.78, 5) is 20.6. The topological polar surface area (TPSA) is 44.1 Å². The van der Waals surface area contributed by atoms with Gasteiger partial charge in [0.2, 0.25) is 0 Å². The van der Waals surface area contributed by atoms with Gasteiger partial charge in [-0.1, -0.05) is 55.9 Å². The number of fused-ring (bicyclic) bond motifs is 3. The molecule has 0 spiro atoms.